The highest BCUT2D eigenvalue weighted by Gasteiger charge is 2.07. The van der Waals surface area contributed by atoms with Crippen LogP contribution in [0.3, 0.4) is 0 Å². The van der Waals surface area contributed by atoms with Gasteiger partial charge in [0.15, 0.2) is 11.6 Å². The van der Waals surface area contributed by atoms with Gasteiger partial charge in [0.1, 0.15) is 0 Å². The average molecular weight is 360 g/mol. The van der Waals surface area contributed by atoms with Crippen molar-refractivity contribution in [1.82, 2.24) is 9.71 Å². The highest BCUT2D eigenvalue weighted by molar-refractivity contribution is 7.99. The molecular weight excluding hydrogens is 347 g/mol. The van der Waals surface area contributed by atoms with Gasteiger partial charge in [-0.05, 0) is 35.4 Å². The molecule has 0 aliphatic carbocycles. The van der Waals surface area contributed by atoms with E-state index in [-0.39, 0.29) is 10.5 Å². The largest absolute Gasteiger partial charge is 0.494 e. The van der Waals surface area contributed by atoms with Gasteiger partial charge in [-0.3, -0.25) is 9.78 Å². The minimum Gasteiger partial charge on any atom is -0.494 e. The Morgan fingerprint density at radius 1 is 1.08 bits per heavy atom. The molecule has 1 heterocycles. The smallest absolute Gasteiger partial charge is 0.362 e. The number of aromatic nitrogens is 2. The summed E-state index contributed by atoms with van der Waals surface area (Å²) in [5, 5.41) is 9.44. The fraction of sp³-hybridized carbons (Fsp3) is 0.0588. The molecule has 0 radical (unpaired) electrons. The van der Waals surface area contributed by atoms with E-state index in [4.69, 9.17) is 9.94 Å². The summed E-state index contributed by atoms with van der Waals surface area (Å²) in [5.74, 6) is -0.265. The summed E-state index contributed by atoms with van der Waals surface area (Å²) < 4.78 is 18.7. The average Bonchev–Trinajstić information content (AvgIpc) is 2.60. The third-order valence-corrected chi connectivity index (χ3v) is 4.40. The quantitative estimate of drug-likeness (QED) is 0.552. The van der Waals surface area contributed by atoms with Crippen molar-refractivity contribution in [2.75, 3.05) is 7.11 Å². The van der Waals surface area contributed by atoms with E-state index in [1.54, 1.807) is 36.4 Å². The molecule has 3 aromatic rings. The number of ether oxygens (including phenoxy) is 1. The van der Waals surface area contributed by atoms with Crippen LogP contribution in [-0.2, 0) is 0 Å². The van der Waals surface area contributed by atoms with Crippen LogP contribution in [0.15, 0.2) is 68.0 Å². The van der Waals surface area contributed by atoms with Crippen LogP contribution in [0.25, 0.3) is 11.1 Å². The molecular formula is C17H13FN2O4S. The number of halogens is 1. The van der Waals surface area contributed by atoms with Crippen molar-refractivity contribution in [1.29, 1.82) is 0 Å². The summed E-state index contributed by atoms with van der Waals surface area (Å²) in [4.78, 5) is 25.9. The molecule has 3 rings (SSSR count). The number of aromatic amines is 1. The van der Waals surface area contributed by atoms with Gasteiger partial charge in [0, 0.05) is 11.0 Å². The lowest BCUT2D eigenvalue weighted by atomic mass is 10.1. The van der Waals surface area contributed by atoms with E-state index in [2.05, 4.69) is 4.98 Å². The number of nitrogens with one attached hydrogen (secondary N) is 1. The molecule has 25 heavy (non-hydrogen) atoms. The molecule has 0 atom stereocenters. The van der Waals surface area contributed by atoms with Crippen LogP contribution in [0.2, 0.25) is 0 Å². The molecule has 0 saturated carbocycles. The summed E-state index contributed by atoms with van der Waals surface area (Å²) in [5.41, 5.74) is -0.201. The highest BCUT2D eigenvalue weighted by atomic mass is 32.2. The van der Waals surface area contributed by atoms with Gasteiger partial charge in [0.05, 0.1) is 12.1 Å². The molecule has 0 fully saturated rings. The molecule has 1 aromatic heterocycles. The zero-order valence-electron chi connectivity index (χ0n) is 13.0. The Kier molecular flexibility index (Phi) is 4.62. The molecule has 128 valence electrons. The second-order valence-electron chi connectivity index (χ2n) is 5.06. The molecule has 0 amide bonds. The summed E-state index contributed by atoms with van der Waals surface area (Å²) in [6, 6.07) is 13.0. The lowest BCUT2D eigenvalue weighted by Gasteiger charge is -2.07. The normalized spacial score (nSPS) is 10.6. The van der Waals surface area contributed by atoms with Crippen molar-refractivity contribution in [3.05, 3.63) is 75.2 Å². The number of H-pyrrole nitrogens is 1. The van der Waals surface area contributed by atoms with Crippen molar-refractivity contribution in [2.24, 2.45) is 0 Å². The van der Waals surface area contributed by atoms with E-state index in [1.165, 1.54) is 13.2 Å². The Labute approximate surface area is 145 Å². The van der Waals surface area contributed by atoms with Gasteiger partial charge in [-0.2, -0.15) is 0 Å². The van der Waals surface area contributed by atoms with Crippen LogP contribution in [0.4, 0.5) is 4.39 Å². The van der Waals surface area contributed by atoms with Crippen LogP contribution in [0, 0.1) is 5.82 Å². The molecule has 2 N–H and O–H groups in total. The third-order valence-electron chi connectivity index (χ3n) is 3.45. The number of methoxy groups -OCH3 is 1. The first-order valence-electron chi connectivity index (χ1n) is 7.15. The molecule has 0 aliphatic rings. The minimum atomic E-state index is -0.902. The zero-order chi connectivity index (χ0) is 18.0. The van der Waals surface area contributed by atoms with Crippen LogP contribution >= 0.6 is 11.8 Å². The van der Waals surface area contributed by atoms with Gasteiger partial charge >= 0.3 is 5.69 Å². The Morgan fingerprint density at radius 2 is 1.76 bits per heavy atom. The zero-order valence-corrected chi connectivity index (χ0v) is 13.8. The third kappa shape index (κ3) is 3.58. The summed E-state index contributed by atoms with van der Waals surface area (Å²) >= 11 is 1.16. The SMILES string of the molecule is COc1ccc(-c2ccc(Sc3cc(=O)n(O)c(=O)[nH]3)cc2)cc1F. The van der Waals surface area contributed by atoms with Gasteiger partial charge < -0.3 is 9.94 Å². The van der Waals surface area contributed by atoms with Crippen molar-refractivity contribution in [3.63, 3.8) is 0 Å². The Balaban J connectivity index is 1.84. The van der Waals surface area contributed by atoms with Crippen molar-refractivity contribution < 1.29 is 14.3 Å². The van der Waals surface area contributed by atoms with E-state index >= 15 is 0 Å². The summed E-state index contributed by atoms with van der Waals surface area (Å²) in [6.07, 6.45) is 0. The fourth-order valence-electron chi connectivity index (χ4n) is 2.21. The minimum absolute atomic E-state index is 0.00534. The topological polar surface area (TPSA) is 84.3 Å². The van der Waals surface area contributed by atoms with Gasteiger partial charge in [-0.25, -0.2) is 9.18 Å². The van der Waals surface area contributed by atoms with Gasteiger partial charge in [-0.1, -0.05) is 34.7 Å². The fourth-order valence-corrected chi connectivity index (χ4v) is 3.04. The molecule has 0 bridgehead atoms. The highest BCUT2D eigenvalue weighted by Crippen LogP contribution is 2.29. The summed E-state index contributed by atoms with van der Waals surface area (Å²) in [6.45, 7) is 0. The van der Waals surface area contributed by atoms with Crippen LogP contribution in [0.1, 0.15) is 0 Å². The molecule has 8 heteroatoms. The predicted molar refractivity (Wildman–Crippen MR) is 91.0 cm³/mol. The monoisotopic (exact) mass is 360 g/mol. The number of nitrogens with zero attached hydrogens (tertiary/aromatic N) is 1. The molecule has 0 unspecified atom stereocenters. The van der Waals surface area contributed by atoms with E-state index in [0.29, 0.717) is 10.6 Å². The van der Waals surface area contributed by atoms with E-state index in [1.807, 2.05) is 0 Å². The van der Waals surface area contributed by atoms with E-state index < -0.39 is 17.1 Å². The molecule has 0 spiro atoms. The number of benzene rings is 2. The molecule has 6 nitrogen and oxygen atoms in total. The van der Waals surface area contributed by atoms with Gasteiger partial charge in [0.25, 0.3) is 5.56 Å². The Hall–Kier alpha value is -3.00. The van der Waals surface area contributed by atoms with E-state index in [0.717, 1.165) is 28.3 Å². The van der Waals surface area contributed by atoms with Crippen molar-refractivity contribution >= 4 is 11.8 Å². The maximum atomic E-state index is 13.8. The van der Waals surface area contributed by atoms with Crippen molar-refractivity contribution in [3.8, 4) is 16.9 Å². The molecule has 0 saturated heterocycles. The lowest BCUT2D eigenvalue weighted by molar-refractivity contribution is 0.159. The predicted octanol–water partition coefficient (Wildman–Crippen LogP) is 2.74. The standard InChI is InChI=1S/C17H13FN2O4S/c1-24-14-7-4-11(8-13(14)18)10-2-5-12(6-3-10)25-15-9-16(21)20(23)17(22)19-15/h2-9,23H,1H3,(H,19,22). The number of rotatable bonds is 4. The van der Waals surface area contributed by atoms with E-state index in [9.17, 15) is 14.0 Å². The lowest BCUT2D eigenvalue weighted by Crippen LogP contribution is -2.32. The first-order valence-corrected chi connectivity index (χ1v) is 7.97. The Bertz CT molecular complexity index is 997. The number of hydrogen-bond donors (Lipinski definition) is 2. The molecule has 0 aliphatic heterocycles. The second-order valence-corrected chi connectivity index (χ2v) is 6.18. The maximum Gasteiger partial charge on any atom is 0.362 e. The van der Waals surface area contributed by atoms with Crippen molar-refractivity contribution in [2.45, 2.75) is 9.92 Å². The first-order chi connectivity index (χ1) is 12.0. The Morgan fingerprint density at radius 3 is 2.36 bits per heavy atom. The molecule has 2 aromatic carbocycles. The maximum absolute atomic E-state index is 13.8. The van der Waals surface area contributed by atoms with Crippen LogP contribution < -0.4 is 16.0 Å². The van der Waals surface area contributed by atoms with Crippen LogP contribution in [-0.4, -0.2) is 22.0 Å². The summed E-state index contributed by atoms with van der Waals surface area (Å²) in [7, 11) is 1.41. The van der Waals surface area contributed by atoms with Crippen LogP contribution in [0.5, 0.6) is 5.75 Å². The van der Waals surface area contributed by atoms with Gasteiger partial charge in [-0.15, -0.1) is 0 Å². The second kappa shape index (κ2) is 6.86. The first kappa shape index (κ1) is 16.8. The van der Waals surface area contributed by atoms with Gasteiger partial charge in [0.2, 0.25) is 0 Å². The number of hydrogen-bond acceptors (Lipinski definition) is 5.